The number of para-hydroxylation sites is 1. The minimum absolute atomic E-state index is 0.0626. The number of benzene rings is 2. The van der Waals surface area contributed by atoms with E-state index in [1.165, 1.54) is 31.3 Å². The highest BCUT2D eigenvalue weighted by molar-refractivity contribution is 5.94. The number of alkyl halides is 6. The number of ether oxygens (including phenoxy) is 1. The molecule has 3 nitrogen and oxygen atoms in total. The molecule has 0 heterocycles. The van der Waals surface area contributed by atoms with Gasteiger partial charge < -0.3 is 9.64 Å². The number of amides is 1. The fourth-order valence-corrected chi connectivity index (χ4v) is 2.23. The van der Waals surface area contributed by atoms with E-state index in [0.29, 0.717) is 6.07 Å². The van der Waals surface area contributed by atoms with Gasteiger partial charge in [0.1, 0.15) is 5.75 Å². The first-order valence-electron chi connectivity index (χ1n) is 7.24. The molecule has 140 valence electrons. The topological polar surface area (TPSA) is 29.5 Å². The van der Waals surface area contributed by atoms with Crippen LogP contribution in [0, 0.1) is 0 Å². The number of rotatable bonds is 4. The number of hydrogen-bond acceptors (Lipinski definition) is 2. The highest BCUT2D eigenvalue weighted by Gasteiger charge is 2.33. The fraction of sp³-hybridized carbons (Fsp3) is 0.235. The van der Waals surface area contributed by atoms with E-state index in [0.717, 1.165) is 23.1 Å². The van der Waals surface area contributed by atoms with Gasteiger partial charge in [-0.2, -0.15) is 13.2 Å². The van der Waals surface area contributed by atoms with Gasteiger partial charge in [-0.15, -0.1) is 13.2 Å². The molecule has 0 aliphatic heterocycles. The maximum Gasteiger partial charge on any atom is 0.573 e. The van der Waals surface area contributed by atoms with Crippen LogP contribution in [0.15, 0.2) is 48.5 Å². The van der Waals surface area contributed by atoms with E-state index in [2.05, 4.69) is 4.74 Å². The molecule has 0 aromatic heterocycles. The quantitative estimate of drug-likeness (QED) is 0.711. The second-order valence-electron chi connectivity index (χ2n) is 5.40. The number of carbonyl (C=O) groups is 1. The van der Waals surface area contributed by atoms with Gasteiger partial charge in [0.15, 0.2) is 0 Å². The summed E-state index contributed by atoms with van der Waals surface area (Å²) in [6, 6.07) is 9.01. The predicted octanol–water partition coefficient (Wildman–Crippen LogP) is 4.88. The normalized spacial score (nSPS) is 12.0. The average molecular weight is 377 g/mol. The minimum atomic E-state index is -4.90. The summed E-state index contributed by atoms with van der Waals surface area (Å²) in [5.74, 6) is -1.25. The Kier molecular flexibility index (Phi) is 5.48. The van der Waals surface area contributed by atoms with Crippen molar-refractivity contribution in [2.75, 3.05) is 7.05 Å². The van der Waals surface area contributed by atoms with E-state index in [4.69, 9.17) is 0 Å². The number of carbonyl (C=O) groups excluding carboxylic acids is 1. The Balaban J connectivity index is 2.21. The van der Waals surface area contributed by atoms with Crippen LogP contribution in [-0.4, -0.2) is 24.2 Å². The molecule has 2 aromatic rings. The molecule has 0 saturated heterocycles. The standard InChI is InChI=1S/C17H13F6NO2/c1-24(10-12-5-2-3-8-14(12)26-17(21,22)23)15(25)11-6-4-7-13(9-11)16(18,19)20/h2-9H,10H2,1H3. The number of nitrogens with zero attached hydrogens (tertiary/aromatic N) is 1. The third-order valence-corrected chi connectivity index (χ3v) is 3.39. The van der Waals surface area contributed by atoms with Gasteiger partial charge in [0.2, 0.25) is 0 Å². The molecule has 26 heavy (non-hydrogen) atoms. The van der Waals surface area contributed by atoms with Crippen molar-refractivity contribution in [1.29, 1.82) is 0 Å². The van der Waals surface area contributed by atoms with Gasteiger partial charge in [-0.1, -0.05) is 24.3 Å². The van der Waals surface area contributed by atoms with E-state index in [-0.39, 0.29) is 17.7 Å². The van der Waals surface area contributed by atoms with E-state index in [1.54, 1.807) is 0 Å². The summed E-state index contributed by atoms with van der Waals surface area (Å²) in [7, 11) is 1.27. The van der Waals surface area contributed by atoms with Crippen molar-refractivity contribution < 1.29 is 35.9 Å². The highest BCUT2D eigenvalue weighted by Crippen LogP contribution is 2.30. The van der Waals surface area contributed by atoms with E-state index < -0.39 is 29.8 Å². The smallest absolute Gasteiger partial charge is 0.405 e. The van der Waals surface area contributed by atoms with Crippen LogP contribution in [0.2, 0.25) is 0 Å². The second kappa shape index (κ2) is 7.27. The molecular formula is C17H13F6NO2. The molecule has 0 fully saturated rings. The molecule has 1 amide bonds. The maximum absolute atomic E-state index is 12.7. The molecule has 2 rings (SSSR count). The summed E-state index contributed by atoms with van der Waals surface area (Å²) in [4.78, 5) is 13.3. The molecule has 0 aliphatic carbocycles. The van der Waals surface area contributed by atoms with Gasteiger partial charge in [-0.25, -0.2) is 0 Å². The second-order valence-corrected chi connectivity index (χ2v) is 5.40. The molecule has 0 bridgehead atoms. The van der Waals surface area contributed by atoms with Crippen LogP contribution in [0.3, 0.4) is 0 Å². The highest BCUT2D eigenvalue weighted by atomic mass is 19.4. The molecule has 0 unspecified atom stereocenters. The monoisotopic (exact) mass is 377 g/mol. The van der Waals surface area contributed by atoms with Crippen LogP contribution in [0.1, 0.15) is 21.5 Å². The Hall–Kier alpha value is -2.71. The average Bonchev–Trinajstić information content (AvgIpc) is 2.54. The molecule has 9 heteroatoms. The lowest BCUT2D eigenvalue weighted by Crippen LogP contribution is -2.27. The largest absolute Gasteiger partial charge is 0.573 e. The summed E-state index contributed by atoms with van der Waals surface area (Å²) in [5, 5.41) is 0. The first-order chi connectivity index (χ1) is 12.0. The zero-order chi connectivity index (χ0) is 19.5. The zero-order valence-electron chi connectivity index (χ0n) is 13.4. The first kappa shape index (κ1) is 19.6. The van der Waals surface area contributed by atoms with Crippen LogP contribution in [0.25, 0.3) is 0 Å². The van der Waals surface area contributed by atoms with Crippen LogP contribution in [-0.2, 0) is 12.7 Å². The number of halogens is 6. The van der Waals surface area contributed by atoms with Crippen molar-refractivity contribution >= 4 is 5.91 Å². The maximum atomic E-state index is 12.7. The van der Waals surface area contributed by atoms with E-state index in [9.17, 15) is 31.1 Å². The van der Waals surface area contributed by atoms with Crippen molar-refractivity contribution in [3.8, 4) is 5.75 Å². The Morgan fingerprint density at radius 1 is 1.00 bits per heavy atom. The van der Waals surface area contributed by atoms with Crippen molar-refractivity contribution in [3.63, 3.8) is 0 Å². The van der Waals surface area contributed by atoms with Crippen molar-refractivity contribution in [3.05, 3.63) is 65.2 Å². The SMILES string of the molecule is CN(Cc1ccccc1OC(F)(F)F)C(=O)c1cccc(C(F)(F)F)c1. The van der Waals surface area contributed by atoms with Gasteiger partial charge in [-0.3, -0.25) is 4.79 Å². The summed E-state index contributed by atoms with van der Waals surface area (Å²) >= 11 is 0. The van der Waals surface area contributed by atoms with Gasteiger partial charge in [0, 0.05) is 24.7 Å². The molecule has 0 aliphatic rings. The van der Waals surface area contributed by atoms with Crippen molar-refractivity contribution in [2.45, 2.75) is 19.1 Å². The minimum Gasteiger partial charge on any atom is -0.405 e. The van der Waals surface area contributed by atoms with Crippen molar-refractivity contribution in [2.24, 2.45) is 0 Å². The summed E-state index contributed by atoms with van der Waals surface area (Å²) in [6.07, 6.45) is -9.51. The molecule has 0 saturated carbocycles. The Bertz CT molecular complexity index is 785. The molecule has 2 aromatic carbocycles. The third kappa shape index (κ3) is 5.14. The lowest BCUT2D eigenvalue weighted by Gasteiger charge is -2.20. The van der Waals surface area contributed by atoms with Crippen LogP contribution < -0.4 is 4.74 Å². The summed E-state index contributed by atoms with van der Waals surface area (Å²) in [6.45, 7) is -0.276. The Labute approximate surface area is 144 Å². The Morgan fingerprint density at radius 3 is 2.27 bits per heavy atom. The molecule has 0 atom stereocenters. The fourth-order valence-electron chi connectivity index (χ4n) is 2.23. The van der Waals surface area contributed by atoms with Crippen molar-refractivity contribution in [1.82, 2.24) is 4.90 Å². The number of hydrogen-bond donors (Lipinski definition) is 0. The zero-order valence-corrected chi connectivity index (χ0v) is 13.4. The lowest BCUT2D eigenvalue weighted by atomic mass is 10.1. The van der Waals surface area contributed by atoms with E-state index in [1.807, 2.05) is 0 Å². The van der Waals surface area contributed by atoms with Crippen LogP contribution in [0.4, 0.5) is 26.3 Å². The van der Waals surface area contributed by atoms with Gasteiger partial charge in [-0.05, 0) is 24.3 Å². The van der Waals surface area contributed by atoms with Crippen LogP contribution >= 0.6 is 0 Å². The molecular weight excluding hydrogens is 364 g/mol. The van der Waals surface area contributed by atoms with E-state index >= 15 is 0 Å². The third-order valence-electron chi connectivity index (χ3n) is 3.39. The summed E-state index contributed by atoms with van der Waals surface area (Å²) in [5.41, 5.74) is -1.15. The molecule has 0 radical (unpaired) electrons. The molecule has 0 spiro atoms. The predicted molar refractivity (Wildman–Crippen MR) is 80.4 cm³/mol. The Morgan fingerprint density at radius 2 is 1.65 bits per heavy atom. The van der Waals surface area contributed by atoms with Gasteiger partial charge >= 0.3 is 12.5 Å². The van der Waals surface area contributed by atoms with Crippen LogP contribution in [0.5, 0.6) is 5.75 Å². The first-order valence-corrected chi connectivity index (χ1v) is 7.24. The summed E-state index contributed by atoms with van der Waals surface area (Å²) < 4.78 is 79.4. The lowest BCUT2D eigenvalue weighted by molar-refractivity contribution is -0.275. The van der Waals surface area contributed by atoms with Gasteiger partial charge in [0.25, 0.3) is 5.91 Å². The molecule has 0 N–H and O–H groups in total. The van der Waals surface area contributed by atoms with Gasteiger partial charge in [0.05, 0.1) is 5.56 Å².